The summed E-state index contributed by atoms with van der Waals surface area (Å²) in [6.45, 7) is 1.52. The first-order chi connectivity index (χ1) is 10.3. The number of halogens is 2. The largest absolute Gasteiger partial charge is 0.387 e. The molecule has 0 aromatic heterocycles. The zero-order valence-corrected chi connectivity index (χ0v) is 13.3. The van der Waals surface area contributed by atoms with E-state index in [1.54, 1.807) is 6.07 Å². The zero-order chi connectivity index (χ0) is 16.3. The fraction of sp³-hybridized carbons (Fsp3) is 0.200. The third kappa shape index (κ3) is 4.04. The van der Waals surface area contributed by atoms with Gasteiger partial charge in [0, 0.05) is 11.1 Å². The van der Waals surface area contributed by atoms with Gasteiger partial charge in [0.25, 0.3) is 0 Å². The van der Waals surface area contributed by atoms with E-state index in [1.807, 2.05) is 0 Å². The number of hydrogen-bond donors (Lipinski definition) is 2. The lowest BCUT2D eigenvalue weighted by Crippen LogP contribution is -2.37. The summed E-state index contributed by atoms with van der Waals surface area (Å²) in [6, 6.07) is 10.2. The average molecular weight is 344 g/mol. The van der Waals surface area contributed by atoms with Crippen molar-refractivity contribution < 1.29 is 17.9 Å². The molecule has 0 bridgehead atoms. The minimum atomic E-state index is -3.81. The van der Waals surface area contributed by atoms with Crippen LogP contribution in [0.5, 0.6) is 0 Å². The molecule has 118 valence electrons. The maximum atomic E-state index is 12.9. The van der Waals surface area contributed by atoms with Crippen LogP contribution in [0.4, 0.5) is 4.39 Å². The molecular formula is C15H15ClFNO3S. The molecule has 2 aromatic rings. The Balaban J connectivity index is 2.16. The SMILES string of the molecule is CC(NS(=O)(=O)c1cccc(Cl)c1)C(O)c1ccc(F)cc1. The van der Waals surface area contributed by atoms with Crippen LogP contribution in [-0.2, 0) is 10.0 Å². The van der Waals surface area contributed by atoms with E-state index in [1.165, 1.54) is 49.4 Å². The van der Waals surface area contributed by atoms with E-state index < -0.39 is 28.0 Å². The zero-order valence-electron chi connectivity index (χ0n) is 11.7. The number of hydrogen-bond acceptors (Lipinski definition) is 3. The van der Waals surface area contributed by atoms with Crippen LogP contribution in [0.1, 0.15) is 18.6 Å². The van der Waals surface area contributed by atoms with Crippen LogP contribution in [0.3, 0.4) is 0 Å². The normalized spacial score (nSPS) is 14.5. The smallest absolute Gasteiger partial charge is 0.240 e. The molecule has 0 aliphatic carbocycles. The second-order valence-corrected chi connectivity index (χ2v) is 7.01. The van der Waals surface area contributed by atoms with Gasteiger partial charge in [-0.25, -0.2) is 17.5 Å². The van der Waals surface area contributed by atoms with E-state index in [4.69, 9.17) is 11.6 Å². The molecule has 2 unspecified atom stereocenters. The minimum absolute atomic E-state index is 0.0122. The van der Waals surface area contributed by atoms with Crippen LogP contribution < -0.4 is 4.72 Å². The summed E-state index contributed by atoms with van der Waals surface area (Å²) >= 11 is 5.78. The molecule has 0 radical (unpaired) electrons. The molecule has 4 nitrogen and oxygen atoms in total. The molecule has 0 fully saturated rings. The summed E-state index contributed by atoms with van der Waals surface area (Å²) in [5.41, 5.74) is 0.419. The molecule has 0 saturated heterocycles. The van der Waals surface area contributed by atoms with Crippen molar-refractivity contribution >= 4 is 21.6 Å². The summed E-state index contributed by atoms with van der Waals surface area (Å²) in [7, 11) is -3.81. The van der Waals surface area contributed by atoms with Gasteiger partial charge in [0.05, 0.1) is 11.0 Å². The Morgan fingerprint density at radius 3 is 2.41 bits per heavy atom. The van der Waals surface area contributed by atoms with Crippen molar-refractivity contribution in [2.45, 2.75) is 24.0 Å². The summed E-state index contributed by atoms with van der Waals surface area (Å²) in [4.78, 5) is 0.0122. The Kier molecular flexibility index (Phi) is 5.18. The first-order valence-corrected chi connectivity index (χ1v) is 8.37. The quantitative estimate of drug-likeness (QED) is 0.877. The number of nitrogens with one attached hydrogen (secondary N) is 1. The average Bonchev–Trinajstić information content (AvgIpc) is 2.47. The lowest BCUT2D eigenvalue weighted by Gasteiger charge is -2.20. The highest BCUT2D eigenvalue weighted by Gasteiger charge is 2.23. The Labute approximate surface area is 133 Å². The van der Waals surface area contributed by atoms with Crippen molar-refractivity contribution in [3.05, 3.63) is 64.9 Å². The Hall–Kier alpha value is -1.47. The lowest BCUT2D eigenvalue weighted by atomic mass is 10.0. The van der Waals surface area contributed by atoms with E-state index >= 15 is 0 Å². The maximum Gasteiger partial charge on any atom is 0.240 e. The van der Waals surface area contributed by atoms with Crippen molar-refractivity contribution in [2.75, 3.05) is 0 Å². The van der Waals surface area contributed by atoms with Crippen LogP contribution in [0.25, 0.3) is 0 Å². The third-order valence-electron chi connectivity index (χ3n) is 3.13. The molecule has 0 amide bonds. The van der Waals surface area contributed by atoms with E-state index in [0.29, 0.717) is 10.6 Å². The first-order valence-electron chi connectivity index (χ1n) is 6.51. The molecule has 2 atom stereocenters. The molecular weight excluding hydrogens is 329 g/mol. The van der Waals surface area contributed by atoms with Crippen molar-refractivity contribution in [2.24, 2.45) is 0 Å². The van der Waals surface area contributed by atoms with Gasteiger partial charge in [-0.05, 0) is 42.8 Å². The third-order valence-corrected chi connectivity index (χ3v) is 4.92. The molecule has 22 heavy (non-hydrogen) atoms. The van der Waals surface area contributed by atoms with Gasteiger partial charge in [-0.2, -0.15) is 0 Å². The molecule has 0 heterocycles. The van der Waals surface area contributed by atoms with E-state index in [0.717, 1.165) is 0 Å². The second kappa shape index (κ2) is 6.75. The van der Waals surface area contributed by atoms with Crippen molar-refractivity contribution in [1.29, 1.82) is 0 Å². The summed E-state index contributed by atoms with van der Waals surface area (Å²) < 4.78 is 39.7. The fourth-order valence-corrected chi connectivity index (χ4v) is 3.51. The predicted molar refractivity (Wildman–Crippen MR) is 82.6 cm³/mol. The summed E-state index contributed by atoms with van der Waals surface area (Å²) in [6.07, 6.45) is -1.10. The van der Waals surface area contributed by atoms with Crippen LogP contribution in [-0.4, -0.2) is 19.6 Å². The summed E-state index contributed by atoms with van der Waals surface area (Å²) in [5, 5.41) is 10.5. The molecule has 7 heteroatoms. The van der Waals surface area contributed by atoms with Gasteiger partial charge >= 0.3 is 0 Å². The van der Waals surface area contributed by atoms with E-state index in [-0.39, 0.29) is 4.90 Å². The number of benzene rings is 2. The minimum Gasteiger partial charge on any atom is -0.387 e. The first kappa shape index (κ1) is 16.9. The molecule has 0 spiro atoms. The topological polar surface area (TPSA) is 66.4 Å². The molecule has 2 rings (SSSR count). The number of rotatable bonds is 5. The number of aliphatic hydroxyl groups is 1. The van der Waals surface area contributed by atoms with Gasteiger partial charge in [0.15, 0.2) is 0 Å². The van der Waals surface area contributed by atoms with Gasteiger partial charge in [0.1, 0.15) is 5.82 Å². The van der Waals surface area contributed by atoms with Crippen molar-refractivity contribution in [1.82, 2.24) is 4.72 Å². The predicted octanol–water partition coefficient (Wildman–Crippen LogP) is 2.88. The van der Waals surface area contributed by atoms with Gasteiger partial charge in [0.2, 0.25) is 10.0 Å². The highest BCUT2D eigenvalue weighted by molar-refractivity contribution is 7.89. The number of sulfonamides is 1. The molecule has 0 saturated carbocycles. The molecule has 0 aliphatic rings. The number of aliphatic hydroxyl groups excluding tert-OH is 1. The molecule has 2 N–H and O–H groups in total. The van der Waals surface area contributed by atoms with Crippen LogP contribution >= 0.6 is 11.6 Å². The second-order valence-electron chi connectivity index (χ2n) is 4.86. The lowest BCUT2D eigenvalue weighted by molar-refractivity contribution is 0.146. The van der Waals surface area contributed by atoms with Gasteiger partial charge < -0.3 is 5.11 Å². The monoisotopic (exact) mass is 343 g/mol. The standard InChI is InChI=1S/C15H15ClFNO3S/c1-10(15(19)11-5-7-13(17)8-6-11)18-22(20,21)14-4-2-3-12(16)9-14/h2-10,15,18-19H,1H3. The van der Waals surface area contributed by atoms with E-state index in [9.17, 15) is 17.9 Å². The van der Waals surface area contributed by atoms with Gasteiger partial charge in [-0.3, -0.25) is 0 Å². The summed E-state index contributed by atoms with van der Waals surface area (Å²) in [5.74, 6) is -0.428. The van der Waals surface area contributed by atoms with Crippen molar-refractivity contribution in [3.8, 4) is 0 Å². The van der Waals surface area contributed by atoms with Crippen LogP contribution in [0.15, 0.2) is 53.4 Å². The van der Waals surface area contributed by atoms with Crippen LogP contribution in [0.2, 0.25) is 5.02 Å². The van der Waals surface area contributed by atoms with Gasteiger partial charge in [-0.15, -0.1) is 0 Å². The Bertz CT molecular complexity index is 750. The molecule has 0 aliphatic heterocycles. The molecule has 2 aromatic carbocycles. The highest BCUT2D eigenvalue weighted by atomic mass is 35.5. The van der Waals surface area contributed by atoms with Crippen LogP contribution in [0, 0.1) is 5.82 Å². The Morgan fingerprint density at radius 1 is 1.18 bits per heavy atom. The maximum absolute atomic E-state index is 12.9. The van der Waals surface area contributed by atoms with Gasteiger partial charge in [-0.1, -0.05) is 29.8 Å². The van der Waals surface area contributed by atoms with Crippen molar-refractivity contribution in [3.63, 3.8) is 0 Å². The highest BCUT2D eigenvalue weighted by Crippen LogP contribution is 2.20. The fourth-order valence-electron chi connectivity index (χ4n) is 1.96. The Morgan fingerprint density at radius 2 is 1.82 bits per heavy atom. The van der Waals surface area contributed by atoms with E-state index in [2.05, 4.69) is 4.72 Å².